The third-order valence-electron chi connectivity index (χ3n) is 24.4. The SMILES string of the molecule is CCN(CC)CCSc1c(Cl)c(OCCC(C)C)c2c3nc4nc(nc5c6c(OCCC(C)C)c(SCCN(CC)CC)c(Cl)c(OCCC(C)C)c6c(nc6nc(nc([nH]3)c2c1OCCC(C)C)-c1c(OCCC(C)C)c(Cl)c(SCC[N+](C)(CC)CC)c(OCCC(C)C)c1-6)n5O)-c1c(OCCC(C)C)c(Cl)c(SCC[N+](C)(CC)CC)c(OCCC(C)C)c1-4. The average molecular weight is 1910 g/mol. The van der Waals surface area contributed by atoms with Crippen molar-refractivity contribution in [2.24, 2.45) is 47.3 Å². The van der Waals surface area contributed by atoms with Gasteiger partial charge in [-0.3, -0.25) is 0 Å². The number of aromatic nitrogens is 8. The minimum absolute atomic E-state index is 0.0166. The van der Waals surface area contributed by atoms with Gasteiger partial charge in [-0.2, -0.15) is 0 Å². The fourth-order valence-corrected chi connectivity index (χ4v) is 20.9. The number of halogens is 4. The predicted octanol–water partition coefficient (Wildman–Crippen LogP) is 26.6. The molecule has 29 heteroatoms. The minimum atomic E-state index is -0.0361. The zero-order valence-corrected chi connectivity index (χ0v) is 87.8. The number of nitrogens with zero attached hydrogens (tertiary/aromatic N) is 11. The van der Waals surface area contributed by atoms with E-state index < -0.39 is 0 Å². The molecule has 0 atom stereocenters. The van der Waals surface area contributed by atoms with E-state index in [4.69, 9.17) is 114 Å². The topological polar surface area (TPSA) is 199 Å². The van der Waals surface area contributed by atoms with E-state index in [-0.39, 0.29) is 120 Å². The number of quaternary nitrogens is 2. The van der Waals surface area contributed by atoms with Crippen LogP contribution in [0.2, 0.25) is 20.1 Å². The summed E-state index contributed by atoms with van der Waals surface area (Å²) in [6.07, 6.45) is 5.50. The van der Waals surface area contributed by atoms with Crippen LogP contribution in [-0.4, -0.2) is 232 Å². The number of aromatic amines is 1. The van der Waals surface area contributed by atoms with Gasteiger partial charge >= 0.3 is 0 Å². The van der Waals surface area contributed by atoms with E-state index in [1.165, 1.54) is 0 Å². The molecular weight excluding hydrogens is 1760 g/mol. The second-order valence-corrected chi connectivity index (χ2v) is 43.5. The van der Waals surface area contributed by atoms with Crippen LogP contribution in [0.15, 0.2) is 19.6 Å². The largest absolute Gasteiger partial charge is 0.492 e. The lowest BCUT2D eigenvalue weighted by molar-refractivity contribution is -0.903. The molecule has 2 aliphatic rings. The van der Waals surface area contributed by atoms with Gasteiger partial charge in [0.2, 0.25) is 0 Å². The number of thioether (sulfide) groups is 4. The number of hydrogen-bond donors (Lipinski definition) is 2. The maximum Gasteiger partial charge on any atom is 0.184 e. The van der Waals surface area contributed by atoms with Gasteiger partial charge in [-0.05, 0) is 153 Å². The summed E-state index contributed by atoms with van der Waals surface area (Å²) in [5.41, 5.74) is 2.25. The minimum Gasteiger partial charge on any atom is -0.492 e. The van der Waals surface area contributed by atoms with Crippen molar-refractivity contribution in [1.82, 2.24) is 49.4 Å². The van der Waals surface area contributed by atoms with Crippen LogP contribution >= 0.6 is 93.5 Å². The first-order valence-electron chi connectivity index (χ1n) is 47.3. The van der Waals surface area contributed by atoms with E-state index >= 15 is 0 Å². The van der Waals surface area contributed by atoms with Gasteiger partial charge in [0.25, 0.3) is 0 Å². The van der Waals surface area contributed by atoms with E-state index in [2.05, 4.69) is 195 Å². The van der Waals surface area contributed by atoms with Crippen LogP contribution in [0.1, 0.15) is 218 Å². The van der Waals surface area contributed by atoms with Crippen LogP contribution in [0, 0.1) is 47.3 Å². The summed E-state index contributed by atoms with van der Waals surface area (Å²) in [6.45, 7) is 65.2. The molecule has 9 rings (SSSR count). The summed E-state index contributed by atoms with van der Waals surface area (Å²) in [5.74, 6) is 8.20. The molecule has 2 N–H and O–H groups in total. The normalized spacial score (nSPS) is 12.6. The lowest BCUT2D eigenvalue weighted by Crippen LogP contribution is -2.45. The van der Waals surface area contributed by atoms with Crippen LogP contribution in [0.25, 0.3) is 89.7 Å². The van der Waals surface area contributed by atoms with Crippen molar-refractivity contribution in [2.45, 2.75) is 237 Å². The van der Waals surface area contributed by atoms with Gasteiger partial charge in [0.1, 0.15) is 54.4 Å². The Morgan fingerprint density at radius 2 is 0.559 bits per heavy atom. The Balaban J connectivity index is 1.72. The molecule has 0 unspecified atom stereocenters. The molecule has 8 bridgehead atoms. The third kappa shape index (κ3) is 26.7. The molecule has 4 aromatic carbocycles. The van der Waals surface area contributed by atoms with Crippen molar-refractivity contribution in [1.29, 1.82) is 0 Å². The summed E-state index contributed by atoms with van der Waals surface area (Å²) in [4.78, 5) is 46.7. The lowest BCUT2D eigenvalue weighted by atomic mass is 10.0. The fourth-order valence-electron chi connectivity index (χ4n) is 14.7. The van der Waals surface area contributed by atoms with Crippen LogP contribution in [0.5, 0.6) is 46.0 Å². The second kappa shape index (κ2) is 49.7. The molecule has 0 amide bonds. The fraction of sp³-hybridized carbons (Fsp3) is 0.673. The zero-order chi connectivity index (χ0) is 92.9. The maximum absolute atomic E-state index is 14.5. The molecule has 0 spiro atoms. The van der Waals surface area contributed by atoms with Crippen molar-refractivity contribution in [2.75, 3.05) is 168 Å². The Kier molecular flexibility index (Phi) is 41.3. The molecule has 0 fully saturated rings. The molecule has 7 aromatic rings. The second-order valence-electron chi connectivity index (χ2n) is 37.6. The lowest BCUT2D eigenvalue weighted by Gasteiger charge is -2.32. The van der Waals surface area contributed by atoms with Crippen molar-refractivity contribution in [3.8, 4) is 91.5 Å². The molecule has 708 valence electrons. The van der Waals surface area contributed by atoms with Crippen LogP contribution in [0.3, 0.4) is 0 Å². The quantitative estimate of drug-likeness (QED) is 0.0207. The summed E-state index contributed by atoms with van der Waals surface area (Å²) in [7, 11) is 4.59. The van der Waals surface area contributed by atoms with Gasteiger partial charge < -0.3 is 66.9 Å². The Morgan fingerprint density at radius 3 is 0.866 bits per heavy atom. The van der Waals surface area contributed by atoms with Crippen molar-refractivity contribution in [3.63, 3.8) is 0 Å². The van der Waals surface area contributed by atoms with E-state index in [0.717, 1.165) is 92.2 Å². The number of H-pyrrole nitrogens is 1. The Morgan fingerprint density at radius 1 is 0.323 bits per heavy atom. The first-order valence-corrected chi connectivity index (χ1v) is 52.8. The molecule has 2 aliphatic heterocycles. The van der Waals surface area contributed by atoms with Gasteiger partial charge in [0, 0.05) is 36.1 Å². The summed E-state index contributed by atoms with van der Waals surface area (Å²) in [6, 6.07) is 0. The number of benzene rings is 4. The van der Waals surface area contributed by atoms with E-state index in [1.54, 1.807) is 47.0 Å². The highest BCUT2D eigenvalue weighted by Gasteiger charge is 2.41. The molecule has 0 saturated carbocycles. The highest BCUT2D eigenvalue weighted by atomic mass is 35.5. The number of hydrogen-bond acceptors (Lipinski definition) is 21. The predicted molar refractivity (Wildman–Crippen MR) is 539 cm³/mol. The first kappa shape index (κ1) is 106. The standard InChI is InChI=1S/C98H152Cl4N12O9S4/c1-27-110(28-2)43-55-124-87-75(99)79(116-47-35-59(9)10)67-70(83(87)120-51-39-63(17)18)93-103-91(67)104-94-71-69(81(118-49-37-61(13)14)77(101)88(84(71)121-52-40-64(19)20)126-57-45-113(25,31-5)32-6)95(107-94)108-98-74-73(82(119-50-38-62(15)16)78(102)90(86(74)123-54-42-66(23)24)125-56-44-111(29-3)30-4)97(112(98)115)109-96-72-68(92(105-93)106-96)80(117-48-36-60(11)12)76(100)89(85(72)122-53-41-65(21)22)127-58-46-114(26,33-7)34-8/h59-66,115H,27-58H2,1-26H3,(H,103,104,105,106,107,108,109)/q+2. The van der Waals surface area contributed by atoms with E-state index in [1.807, 2.05) is 0 Å². The van der Waals surface area contributed by atoms with Gasteiger partial charge in [-0.25, -0.2) is 29.9 Å². The van der Waals surface area contributed by atoms with Crippen LogP contribution in [-0.2, 0) is 0 Å². The summed E-state index contributed by atoms with van der Waals surface area (Å²) >= 11 is 39.6. The van der Waals surface area contributed by atoms with Crippen LogP contribution in [0.4, 0.5) is 0 Å². The van der Waals surface area contributed by atoms with Gasteiger partial charge in [-0.15, -0.1) is 51.8 Å². The zero-order valence-electron chi connectivity index (χ0n) is 81.5. The Bertz CT molecular complexity index is 4950. The molecule has 0 saturated heterocycles. The van der Waals surface area contributed by atoms with E-state index in [9.17, 15) is 5.21 Å². The van der Waals surface area contributed by atoms with Gasteiger partial charge in [-0.1, -0.05) is 185 Å². The average Bonchev–Trinajstić information content (AvgIpc) is 1.56. The van der Waals surface area contributed by atoms with Crippen molar-refractivity contribution < 1.29 is 52.1 Å². The monoisotopic (exact) mass is 1910 g/mol. The molecule has 127 heavy (non-hydrogen) atoms. The highest BCUT2D eigenvalue weighted by Crippen LogP contribution is 2.60. The van der Waals surface area contributed by atoms with E-state index in [0.29, 0.717) is 230 Å². The van der Waals surface area contributed by atoms with Crippen molar-refractivity contribution in [3.05, 3.63) is 20.1 Å². The Hall–Kier alpha value is -5.16. The van der Waals surface area contributed by atoms with Gasteiger partial charge in [0.05, 0.1) is 170 Å². The molecule has 5 heterocycles. The summed E-state index contributed by atoms with van der Waals surface area (Å²) in [5, 5.41) is 17.6. The molecule has 21 nitrogen and oxygen atoms in total. The molecule has 3 aromatic heterocycles. The number of nitrogens with one attached hydrogen (secondary N) is 1. The smallest absolute Gasteiger partial charge is 0.184 e. The van der Waals surface area contributed by atoms with Crippen molar-refractivity contribution >= 4 is 138 Å². The Labute approximate surface area is 797 Å². The highest BCUT2D eigenvalue weighted by molar-refractivity contribution is 8.00. The number of rotatable bonds is 56. The maximum atomic E-state index is 14.5. The first-order chi connectivity index (χ1) is 60.6. The molecule has 0 radical (unpaired) electrons. The molecule has 0 aliphatic carbocycles. The van der Waals surface area contributed by atoms with Gasteiger partial charge in [0.15, 0.2) is 57.6 Å². The third-order valence-corrected chi connectivity index (χ3v) is 30.6. The van der Waals surface area contributed by atoms with Crippen LogP contribution < -0.4 is 37.9 Å². The number of fused-ring (bicyclic) bond motifs is 20. The number of ether oxygens (including phenoxy) is 8. The molecular formula is C98H152Cl4N12O9S4+2. The summed E-state index contributed by atoms with van der Waals surface area (Å²) < 4.78 is 61.7.